The number of allylic oxidation sites excluding steroid dienone is 2. The Kier molecular flexibility index (Phi) is 5.24. The average molecular weight is 519 g/mol. The summed E-state index contributed by atoms with van der Waals surface area (Å²) in [7, 11) is 0. The largest absolute Gasteiger partial charge is 0.332 e. The van der Waals surface area contributed by atoms with Crippen LogP contribution in [0.3, 0.4) is 0 Å². The highest BCUT2D eigenvalue weighted by Crippen LogP contribution is 2.50. The van der Waals surface area contributed by atoms with E-state index in [9.17, 15) is 0 Å². The lowest BCUT2D eigenvalue weighted by Crippen LogP contribution is -2.35. The minimum atomic E-state index is 0.353. The first-order valence-electron chi connectivity index (χ1n) is 13.5. The molecule has 1 atom stereocenters. The second-order valence-corrected chi connectivity index (χ2v) is 11.3. The quantitative estimate of drug-likeness (QED) is 0.230. The molecular formula is C36H26N2S. The predicted octanol–water partition coefficient (Wildman–Crippen LogP) is 9.91. The lowest BCUT2D eigenvalue weighted by Gasteiger charge is -2.40. The van der Waals surface area contributed by atoms with Crippen LogP contribution < -0.4 is 4.90 Å². The molecule has 39 heavy (non-hydrogen) atoms. The van der Waals surface area contributed by atoms with Crippen LogP contribution >= 0.6 is 11.8 Å². The number of rotatable bonds is 3. The van der Waals surface area contributed by atoms with E-state index in [1.807, 2.05) is 11.8 Å². The van der Waals surface area contributed by atoms with Crippen molar-refractivity contribution in [1.29, 1.82) is 0 Å². The molecular weight excluding hydrogens is 492 g/mol. The van der Waals surface area contributed by atoms with Crippen molar-refractivity contribution >= 4 is 44.9 Å². The Labute approximate surface area is 232 Å². The zero-order valence-corrected chi connectivity index (χ0v) is 22.2. The van der Waals surface area contributed by atoms with Crippen molar-refractivity contribution in [3.8, 4) is 16.8 Å². The van der Waals surface area contributed by atoms with E-state index in [1.165, 1.54) is 59.8 Å². The summed E-state index contributed by atoms with van der Waals surface area (Å²) in [5.41, 5.74) is 8.66. The van der Waals surface area contributed by atoms with Gasteiger partial charge in [-0.2, -0.15) is 0 Å². The van der Waals surface area contributed by atoms with E-state index in [0.29, 0.717) is 6.04 Å². The number of para-hydroxylation sites is 3. The molecule has 0 bridgehead atoms. The van der Waals surface area contributed by atoms with Gasteiger partial charge in [0.25, 0.3) is 0 Å². The van der Waals surface area contributed by atoms with Gasteiger partial charge in [0.15, 0.2) is 0 Å². The first-order valence-corrected chi connectivity index (χ1v) is 14.3. The van der Waals surface area contributed by atoms with Gasteiger partial charge in [0.05, 0.1) is 22.8 Å². The van der Waals surface area contributed by atoms with Gasteiger partial charge in [-0.15, -0.1) is 0 Å². The van der Waals surface area contributed by atoms with E-state index in [1.54, 1.807) is 0 Å². The van der Waals surface area contributed by atoms with Gasteiger partial charge in [0, 0.05) is 31.9 Å². The number of hydrogen-bond donors (Lipinski definition) is 0. The minimum absolute atomic E-state index is 0.353. The molecule has 6 aromatic rings. The highest BCUT2D eigenvalue weighted by molar-refractivity contribution is 8.03. The predicted molar refractivity (Wildman–Crippen MR) is 166 cm³/mol. The molecule has 2 nitrogen and oxygen atoms in total. The second kappa shape index (κ2) is 9.07. The van der Waals surface area contributed by atoms with Crippen LogP contribution in [0.1, 0.15) is 6.42 Å². The molecule has 2 heterocycles. The molecule has 0 N–H and O–H groups in total. The van der Waals surface area contributed by atoms with Crippen LogP contribution in [0.2, 0.25) is 0 Å². The zero-order chi connectivity index (χ0) is 25.8. The van der Waals surface area contributed by atoms with Crippen LogP contribution in [-0.2, 0) is 0 Å². The van der Waals surface area contributed by atoms with Crippen LogP contribution in [0.15, 0.2) is 149 Å². The first kappa shape index (κ1) is 22.5. The van der Waals surface area contributed by atoms with Gasteiger partial charge in [-0.25, -0.2) is 0 Å². The highest BCUT2D eigenvalue weighted by Gasteiger charge is 2.32. The van der Waals surface area contributed by atoms with Gasteiger partial charge < -0.3 is 9.47 Å². The fourth-order valence-corrected chi connectivity index (χ4v) is 7.31. The molecule has 0 fully saturated rings. The maximum absolute atomic E-state index is 2.51. The fraction of sp³-hybridized carbons (Fsp3) is 0.0556. The third-order valence-electron chi connectivity index (χ3n) is 7.92. The Morgan fingerprint density at radius 3 is 2.03 bits per heavy atom. The van der Waals surface area contributed by atoms with Crippen molar-refractivity contribution in [2.24, 2.45) is 0 Å². The van der Waals surface area contributed by atoms with Crippen molar-refractivity contribution in [3.05, 3.63) is 144 Å². The van der Waals surface area contributed by atoms with Crippen molar-refractivity contribution in [2.75, 3.05) is 4.90 Å². The monoisotopic (exact) mass is 518 g/mol. The third kappa shape index (κ3) is 3.65. The molecule has 0 saturated carbocycles. The molecule has 0 saturated heterocycles. The van der Waals surface area contributed by atoms with Crippen molar-refractivity contribution < 1.29 is 0 Å². The normalized spacial score (nSPS) is 16.3. The van der Waals surface area contributed by atoms with Crippen molar-refractivity contribution in [3.63, 3.8) is 0 Å². The Hall–Kier alpha value is -4.47. The maximum Gasteiger partial charge on any atom is 0.0688 e. The summed E-state index contributed by atoms with van der Waals surface area (Å²) in [4.78, 5) is 5.23. The van der Waals surface area contributed by atoms with E-state index < -0.39 is 0 Å². The smallest absolute Gasteiger partial charge is 0.0688 e. The number of thioether (sulfide) groups is 1. The van der Waals surface area contributed by atoms with Crippen LogP contribution in [0.4, 0.5) is 11.4 Å². The SMILES string of the molecule is C1=CCC2C(=C1)Sc1cc(-c3ccc(-n4c5ccccc5c5ccccc54)cc3)ccc1N2c1ccccc1. The molecule has 1 unspecified atom stereocenters. The number of fused-ring (bicyclic) bond motifs is 5. The molecule has 2 aliphatic rings. The summed E-state index contributed by atoms with van der Waals surface area (Å²) in [6.45, 7) is 0. The van der Waals surface area contributed by atoms with E-state index in [-0.39, 0.29) is 0 Å². The lowest BCUT2D eigenvalue weighted by molar-refractivity contribution is 0.761. The molecule has 5 aromatic carbocycles. The summed E-state index contributed by atoms with van der Waals surface area (Å²) >= 11 is 1.92. The molecule has 3 heteroatoms. The van der Waals surface area contributed by atoms with Crippen LogP contribution in [-0.4, -0.2) is 10.6 Å². The second-order valence-electron chi connectivity index (χ2n) is 10.2. The fourth-order valence-electron chi connectivity index (χ4n) is 6.11. The molecule has 0 spiro atoms. The molecule has 186 valence electrons. The number of benzene rings is 5. The maximum atomic E-state index is 2.51. The molecule has 0 amide bonds. The minimum Gasteiger partial charge on any atom is -0.332 e. The Morgan fingerprint density at radius 2 is 1.28 bits per heavy atom. The summed E-state index contributed by atoms with van der Waals surface area (Å²) in [5.74, 6) is 0. The average Bonchev–Trinajstić information content (AvgIpc) is 3.34. The number of hydrogen-bond acceptors (Lipinski definition) is 2. The van der Waals surface area contributed by atoms with Crippen LogP contribution in [0, 0.1) is 0 Å². The summed E-state index contributed by atoms with van der Waals surface area (Å²) in [5, 5.41) is 2.58. The first-order chi connectivity index (χ1) is 19.3. The van der Waals surface area contributed by atoms with E-state index in [2.05, 4.69) is 149 Å². The number of aromatic nitrogens is 1. The number of anilines is 2. The van der Waals surface area contributed by atoms with Crippen molar-refractivity contribution in [1.82, 2.24) is 4.57 Å². The van der Waals surface area contributed by atoms with E-state index >= 15 is 0 Å². The molecule has 8 rings (SSSR count). The summed E-state index contributed by atoms with van der Waals surface area (Å²) in [6, 6.07) is 44.5. The van der Waals surface area contributed by atoms with Gasteiger partial charge in [-0.3, -0.25) is 0 Å². The van der Waals surface area contributed by atoms with Gasteiger partial charge in [-0.1, -0.05) is 103 Å². The lowest BCUT2D eigenvalue weighted by atomic mass is 10.0. The van der Waals surface area contributed by atoms with E-state index in [4.69, 9.17) is 0 Å². The topological polar surface area (TPSA) is 8.17 Å². The van der Waals surface area contributed by atoms with Crippen molar-refractivity contribution in [2.45, 2.75) is 17.4 Å². The molecule has 0 radical (unpaired) electrons. The zero-order valence-electron chi connectivity index (χ0n) is 21.4. The van der Waals surface area contributed by atoms with E-state index in [0.717, 1.165) is 6.42 Å². The third-order valence-corrected chi connectivity index (χ3v) is 9.11. The molecule has 1 aromatic heterocycles. The molecule has 1 aliphatic heterocycles. The molecule has 1 aliphatic carbocycles. The van der Waals surface area contributed by atoms with Gasteiger partial charge >= 0.3 is 0 Å². The summed E-state index contributed by atoms with van der Waals surface area (Å²) in [6.07, 6.45) is 7.79. The Bertz CT molecular complexity index is 1860. The van der Waals surface area contributed by atoms with Crippen LogP contribution in [0.5, 0.6) is 0 Å². The van der Waals surface area contributed by atoms with Crippen LogP contribution in [0.25, 0.3) is 38.6 Å². The van der Waals surface area contributed by atoms with Gasteiger partial charge in [-0.05, 0) is 66.1 Å². The number of nitrogens with zero attached hydrogens (tertiary/aromatic N) is 2. The van der Waals surface area contributed by atoms with Gasteiger partial charge in [0.1, 0.15) is 0 Å². The standard InChI is InChI=1S/C36H26N2S/c1-2-10-27(11-3-1)38-33-16-8-9-17-35(33)39-36-24-26(20-23-34(36)38)25-18-21-28(22-19-25)37-31-14-6-4-12-29(31)30-13-5-7-15-32(30)37/h1-15,17-24,33H,16H2. The summed E-state index contributed by atoms with van der Waals surface area (Å²) < 4.78 is 2.37. The van der Waals surface area contributed by atoms with Gasteiger partial charge in [0.2, 0.25) is 0 Å². The Morgan fingerprint density at radius 1 is 0.615 bits per heavy atom. The highest BCUT2D eigenvalue weighted by atomic mass is 32.2. The Balaban J connectivity index is 1.20.